The molecule has 4 aliphatic carbocycles. The van der Waals surface area contributed by atoms with E-state index in [1.54, 1.807) is 13.2 Å². The van der Waals surface area contributed by atoms with Gasteiger partial charge in [0.15, 0.2) is 6.29 Å². The Bertz CT molecular complexity index is 1130. The molecule has 4 fully saturated rings. The Morgan fingerprint density at radius 2 is 1.74 bits per heavy atom. The zero-order chi connectivity index (χ0) is 27.0. The van der Waals surface area contributed by atoms with Gasteiger partial charge in [-0.25, -0.2) is 4.79 Å². The highest BCUT2D eigenvalue weighted by Crippen LogP contribution is 2.70. The molecule has 0 amide bonds. The SMILES string of the molecule is C[C@H]1O[C@@H](O[C@H]2C=C3CC[C@@H]4[C@H](CC[C@@]5(C)[C@@H](c6ccc(=O)oc6)CC[C@]45O)[C@]3(C)CC2)[C@H](O)[C@H](O)[C@H]1O. The highest BCUT2D eigenvalue weighted by atomic mass is 16.7. The average molecular weight is 531 g/mol. The molecule has 3 saturated carbocycles. The van der Waals surface area contributed by atoms with Gasteiger partial charge in [0, 0.05) is 11.5 Å². The van der Waals surface area contributed by atoms with Crippen LogP contribution in [0.5, 0.6) is 0 Å². The smallest absolute Gasteiger partial charge is 0.335 e. The zero-order valence-corrected chi connectivity index (χ0v) is 22.6. The van der Waals surface area contributed by atoms with Crippen LogP contribution in [0.1, 0.15) is 83.6 Å². The Hall–Kier alpha value is -1.55. The number of hydrogen-bond acceptors (Lipinski definition) is 8. The molecule has 38 heavy (non-hydrogen) atoms. The Kier molecular flexibility index (Phi) is 6.49. The van der Waals surface area contributed by atoms with Gasteiger partial charge in [-0.1, -0.05) is 25.5 Å². The standard InChI is InChI=1S/C30H42O8/c1-16-24(32)25(33)26(34)27(37-16)38-19-8-11-28(2)18(14-19)5-6-22-21(28)9-12-29(3)20(10-13-30(22,29)35)17-4-7-23(31)36-15-17/h4,7,14-16,19-22,24-27,32-35H,5-6,8-13H2,1-3H3/t16-,19-,20-,21+,22-,24+,25-,26-,27+,28-,29+,30+/m1/s1. The van der Waals surface area contributed by atoms with E-state index in [9.17, 15) is 25.2 Å². The zero-order valence-electron chi connectivity index (χ0n) is 22.6. The summed E-state index contributed by atoms with van der Waals surface area (Å²) in [4.78, 5) is 11.5. The number of ether oxygens (including phenoxy) is 2. The summed E-state index contributed by atoms with van der Waals surface area (Å²) in [6.45, 7) is 6.26. The molecule has 0 spiro atoms. The molecule has 12 atom stereocenters. The Balaban J connectivity index is 1.21. The van der Waals surface area contributed by atoms with Crippen LogP contribution in [-0.4, -0.2) is 62.8 Å². The summed E-state index contributed by atoms with van der Waals surface area (Å²) in [5, 5.41) is 43.0. The monoisotopic (exact) mass is 530 g/mol. The minimum Gasteiger partial charge on any atom is -0.431 e. The first-order valence-electron chi connectivity index (χ1n) is 14.4. The van der Waals surface area contributed by atoms with Gasteiger partial charge in [0.2, 0.25) is 0 Å². The maximum absolute atomic E-state index is 12.4. The number of rotatable bonds is 3. The van der Waals surface area contributed by atoms with Gasteiger partial charge in [-0.2, -0.15) is 0 Å². The van der Waals surface area contributed by atoms with Gasteiger partial charge < -0.3 is 34.3 Å². The Labute approximate surface area is 223 Å². The van der Waals surface area contributed by atoms with E-state index in [1.165, 1.54) is 11.6 Å². The Morgan fingerprint density at radius 3 is 2.47 bits per heavy atom. The molecule has 8 heteroatoms. The van der Waals surface area contributed by atoms with Gasteiger partial charge in [0.1, 0.15) is 18.3 Å². The van der Waals surface area contributed by atoms with Crippen LogP contribution >= 0.6 is 0 Å². The van der Waals surface area contributed by atoms with Gasteiger partial charge >= 0.3 is 5.63 Å². The van der Waals surface area contributed by atoms with E-state index in [0.717, 1.165) is 56.9 Å². The summed E-state index contributed by atoms with van der Waals surface area (Å²) in [6, 6.07) is 3.36. The fourth-order valence-electron chi connectivity index (χ4n) is 9.17. The van der Waals surface area contributed by atoms with E-state index in [-0.39, 0.29) is 34.4 Å². The number of hydrogen-bond donors (Lipinski definition) is 4. The molecule has 0 unspecified atom stereocenters. The molecular formula is C30H42O8. The lowest BCUT2D eigenvalue weighted by Gasteiger charge is -2.62. The minimum absolute atomic E-state index is 0.0213. The normalized spacial score (nSPS) is 50.5. The van der Waals surface area contributed by atoms with Crippen LogP contribution in [0.3, 0.4) is 0 Å². The van der Waals surface area contributed by atoms with E-state index in [4.69, 9.17) is 13.9 Å². The van der Waals surface area contributed by atoms with Gasteiger partial charge in [0.25, 0.3) is 0 Å². The molecule has 210 valence electrons. The molecular weight excluding hydrogens is 488 g/mol. The van der Waals surface area contributed by atoms with Crippen molar-refractivity contribution in [1.29, 1.82) is 0 Å². The van der Waals surface area contributed by atoms with Crippen LogP contribution in [0, 0.1) is 22.7 Å². The molecule has 0 aromatic carbocycles. The van der Waals surface area contributed by atoms with E-state index in [1.807, 2.05) is 6.07 Å². The number of allylic oxidation sites excluding steroid dienone is 1. The fourth-order valence-corrected chi connectivity index (χ4v) is 9.17. The van der Waals surface area contributed by atoms with Crippen molar-refractivity contribution in [1.82, 2.24) is 0 Å². The first-order valence-corrected chi connectivity index (χ1v) is 14.4. The predicted octanol–water partition coefficient (Wildman–Crippen LogP) is 3.01. The van der Waals surface area contributed by atoms with Gasteiger partial charge in [-0.05, 0) is 93.1 Å². The summed E-state index contributed by atoms with van der Waals surface area (Å²) in [7, 11) is 0. The summed E-state index contributed by atoms with van der Waals surface area (Å²) in [5.74, 6) is 0.759. The maximum Gasteiger partial charge on any atom is 0.335 e. The second kappa shape index (κ2) is 9.25. The molecule has 5 aliphatic rings. The maximum atomic E-state index is 12.4. The first kappa shape index (κ1) is 26.7. The van der Waals surface area contributed by atoms with E-state index < -0.39 is 36.3 Å². The lowest BCUT2D eigenvalue weighted by Crippen LogP contribution is -2.60. The largest absolute Gasteiger partial charge is 0.431 e. The molecule has 4 N–H and O–H groups in total. The first-order chi connectivity index (χ1) is 18.0. The van der Waals surface area contributed by atoms with Crippen LogP contribution in [0.4, 0.5) is 0 Å². The molecule has 1 aliphatic heterocycles. The van der Waals surface area contributed by atoms with Crippen LogP contribution in [0.25, 0.3) is 0 Å². The fraction of sp³-hybridized carbons (Fsp3) is 0.767. The van der Waals surface area contributed by atoms with Crippen molar-refractivity contribution in [2.45, 2.75) is 120 Å². The van der Waals surface area contributed by atoms with Gasteiger partial charge in [0.05, 0.1) is 24.1 Å². The van der Waals surface area contributed by atoms with Crippen molar-refractivity contribution in [3.8, 4) is 0 Å². The van der Waals surface area contributed by atoms with Crippen LogP contribution in [0.2, 0.25) is 0 Å². The third-order valence-corrected chi connectivity index (χ3v) is 11.5. The van der Waals surface area contributed by atoms with Gasteiger partial charge in [-0.15, -0.1) is 0 Å². The van der Waals surface area contributed by atoms with Crippen molar-refractivity contribution < 1.29 is 34.3 Å². The van der Waals surface area contributed by atoms with Crippen molar-refractivity contribution >= 4 is 0 Å². The van der Waals surface area contributed by atoms with Crippen LogP contribution in [0.15, 0.2) is 39.3 Å². The highest BCUT2D eigenvalue weighted by molar-refractivity contribution is 5.31. The van der Waals surface area contributed by atoms with Crippen LogP contribution in [-0.2, 0) is 9.47 Å². The van der Waals surface area contributed by atoms with E-state index in [0.29, 0.717) is 5.92 Å². The third-order valence-electron chi connectivity index (χ3n) is 11.5. The van der Waals surface area contributed by atoms with Crippen molar-refractivity contribution in [3.05, 3.63) is 46.0 Å². The topological polar surface area (TPSA) is 130 Å². The van der Waals surface area contributed by atoms with Crippen molar-refractivity contribution in [3.63, 3.8) is 0 Å². The molecule has 6 rings (SSSR count). The molecule has 1 aromatic heterocycles. The summed E-state index contributed by atoms with van der Waals surface area (Å²) >= 11 is 0. The molecule has 8 nitrogen and oxygen atoms in total. The second-order valence-electron chi connectivity index (χ2n) is 13.1. The lowest BCUT2D eigenvalue weighted by atomic mass is 9.45. The van der Waals surface area contributed by atoms with Crippen LogP contribution < -0.4 is 5.63 Å². The quantitative estimate of drug-likeness (QED) is 0.439. The number of fused-ring (bicyclic) bond motifs is 5. The predicted molar refractivity (Wildman–Crippen MR) is 138 cm³/mol. The van der Waals surface area contributed by atoms with Crippen molar-refractivity contribution in [2.75, 3.05) is 0 Å². The average Bonchev–Trinajstić information content (AvgIpc) is 3.18. The van der Waals surface area contributed by atoms with Crippen molar-refractivity contribution in [2.24, 2.45) is 22.7 Å². The summed E-state index contributed by atoms with van der Waals surface area (Å²) in [6.07, 6.45) is 5.32. The number of aliphatic hydroxyl groups excluding tert-OH is 3. The molecule has 2 heterocycles. The second-order valence-corrected chi connectivity index (χ2v) is 13.1. The van der Waals surface area contributed by atoms with E-state index in [2.05, 4.69) is 19.9 Å². The highest BCUT2D eigenvalue weighted by Gasteiger charge is 2.66. The summed E-state index contributed by atoms with van der Waals surface area (Å²) < 4.78 is 17.0. The lowest BCUT2D eigenvalue weighted by molar-refractivity contribution is -0.301. The van der Waals surface area contributed by atoms with Gasteiger partial charge in [-0.3, -0.25) is 0 Å². The minimum atomic E-state index is -1.31. The molecule has 0 bridgehead atoms. The molecule has 0 radical (unpaired) electrons. The number of aliphatic hydroxyl groups is 4. The molecule has 1 aromatic rings. The molecule has 1 saturated heterocycles. The van der Waals surface area contributed by atoms with E-state index >= 15 is 0 Å². The third kappa shape index (κ3) is 3.82. The summed E-state index contributed by atoms with van der Waals surface area (Å²) in [5.41, 5.74) is 0.991. The Morgan fingerprint density at radius 1 is 0.947 bits per heavy atom.